The number of hydrogen-bond donors (Lipinski definition) is 2. The number of benzene rings is 1. The number of nitrogens with two attached hydrogens (primary N) is 1. The summed E-state index contributed by atoms with van der Waals surface area (Å²) in [4.78, 5) is 24.7. The molecule has 0 aliphatic carbocycles. The summed E-state index contributed by atoms with van der Waals surface area (Å²) in [7, 11) is 0. The van der Waals surface area contributed by atoms with Gasteiger partial charge in [-0.25, -0.2) is 4.79 Å². The summed E-state index contributed by atoms with van der Waals surface area (Å²) in [5.74, 6) is -0.507. The average Bonchev–Trinajstić information content (AvgIpc) is 2.87. The first-order valence-electron chi connectivity index (χ1n) is 5.94. The molecule has 0 radical (unpaired) electrons. The monoisotopic (exact) mass is 280 g/mol. The van der Waals surface area contributed by atoms with E-state index in [1.54, 1.807) is 12.1 Å². The first kappa shape index (κ1) is 13.9. The Balaban J connectivity index is 2.14. The SMILES string of the molecule is Cc1ccc(C(N)C(=O)N2CSC[C@H]2C(=O)O)cc1. The second kappa shape index (κ2) is 5.63. The Hall–Kier alpha value is -1.53. The third-order valence-corrected chi connectivity index (χ3v) is 4.17. The molecule has 1 aliphatic rings. The summed E-state index contributed by atoms with van der Waals surface area (Å²) in [6, 6.07) is 5.80. The van der Waals surface area contributed by atoms with Crippen LogP contribution in [0.5, 0.6) is 0 Å². The van der Waals surface area contributed by atoms with E-state index in [1.165, 1.54) is 16.7 Å². The van der Waals surface area contributed by atoms with Crippen LogP contribution in [0, 0.1) is 6.92 Å². The minimum atomic E-state index is -0.977. The molecule has 1 heterocycles. The highest BCUT2D eigenvalue weighted by atomic mass is 32.2. The van der Waals surface area contributed by atoms with Crippen LogP contribution in [0.25, 0.3) is 0 Å². The van der Waals surface area contributed by atoms with E-state index in [0.29, 0.717) is 17.2 Å². The molecule has 2 atom stereocenters. The van der Waals surface area contributed by atoms with Gasteiger partial charge in [0.1, 0.15) is 12.1 Å². The molecule has 0 saturated carbocycles. The summed E-state index contributed by atoms with van der Waals surface area (Å²) < 4.78 is 0. The third kappa shape index (κ3) is 2.90. The average molecular weight is 280 g/mol. The van der Waals surface area contributed by atoms with Crippen LogP contribution >= 0.6 is 11.8 Å². The molecule has 1 amide bonds. The Bertz CT molecular complexity index is 489. The van der Waals surface area contributed by atoms with E-state index < -0.39 is 18.1 Å². The topological polar surface area (TPSA) is 83.6 Å². The number of carbonyl (C=O) groups is 2. The zero-order chi connectivity index (χ0) is 14.0. The predicted molar refractivity (Wildman–Crippen MR) is 73.7 cm³/mol. The lowest BCUT2D eigenvalue weighted by molar-refractivity contribution is -0.148. The van der Waals surface area contributed by atoms with Crippen molar-refractivity contribution in [3.63, 3.8) is 0 Å². The van der Waals surface area contributed by atoms with Gasteiger partial charge in [0.05, 0.1) is 5.88 Å². The first-order valence-corrected chi connectivity index (χ1v) is 7.09. The van der Waals surface area contributed by atoms with E-state index in [4.69, 9.17) is 10.8 Å². The molecule has 2 rings (SSSR count). The van der Waals surface area contributed by atoms with Crippen molar-refractivity contribution < 1.29 is 14.7 Å². The maximum Gasteiger partial charge on any atom is 0.327 e. The molecule has 3 N–H and O–H groups in total. The molecule has 6 heteroatoms. The zero-order valence-corrected chi connectivity index (χ0v) is 11.4. The number of thioether (sulfide) groups is 1. The smallest absolute Gasteiger partial charge is 0.327 e. The third-order valence-electron chi connectivity index (χ3n) is 3.15. The molecule has 19 heavy (non-hydrogen) atoms. The van der Waals surface area contributed by atoms with E-state index in [1.807, 2.05) is 19.1 Å². The minimum absolute atomic E-state index is 0.332. The molecule has 1 fully saturated rings. The van der Waals surface area contributed by atoms with Crippen molar-refractivity contribution in [2.75, 3.05) is 11.6 Å². The highest BCUT2D eigenvalue weighted by Gasteiger charge is 2.36. The van der Waals surface area contributed by atoms with Crippen LogP contribution < -0.4 is 5.73 Å². The van der Waals surface area contributed by atoms with E-state index in [0.717, 1.165) is 5.56 Å². The van der Waals surface area contributed by atoms with Gasteiger partial charge in [0, 0.05) is 5.75 Å². The van der Waals surface area contributed by atoms with Crippen LogP contribution in [-0.4, -0.2) is 39.6 Å². The lowest BCUT2D eigenvalue weighted by Gasteiger charge is -2.24. The molecule has 0 spiro atoms. The fourth-order valence-corrected chi connectivity index (χ4v) is 3.11. The van der Waals surface area contributed by atoms with Crippen LogP contribution in [0.3, 0.4) is 0 Å². The normalized spacial score (nSPS) is 20.3. The van der Waals surface area contributed by atoms with E-state index >= 15 is 0 Å². The Kier molecular flexibility index (Phi) is 4.11. The number of amides is 1. The van der Waals surface area contributed by atoms with Gasteiger partial charge in [-0.15, -0.1) is 11.8 Å². The minimum Gasteiger partial charge on any atom is -0.480 e. The highest BCUT2D eigenvalue weighted by molar-refractivity contribution is 7.99. The number of carboxylic acid groups (broad SMARTS) is 1. The number of carbonyl (C=O) groups excluding carboxylic acids is 1. The number of hydrogen-bond acceptors (Lipinski definition) is 4. The second-order valence-corrected chi connectivity index (χ2v) is 5.55. The quantitative estimate of drug-likeness (QED) is 0.862. The molecule has 5 nitrogen and oxygen atoms in total. The summed E-state index contributed by atoms with van der Waals surface area (Å²) in [6.07, 6.45) is 0. The van der Waals surface area contributed by atoms with Gasteiger partial charge >= 0.3 is 5.97 Å². The van der Waals surface area contributed by atoms with Gasteiger partial charge in [-0.1, -0.05) is 29.8 Å². The Morgan fingerprint density at radius 3 is 2.63 bits per heavy atom. The number of rotatable bonds is 3. The number of aryl methyl sites for hydroxylation is 1. The second-order valence-electron chi connectivity index (χ2n) is 4.55. The zero-order valence-electron chi connectivity index (χ0n) is 10.6. The van der Waals surface area contributed by atoms with Crippen molar-refractivity contribution >= 4 is 23.6 Å². The lowest BCUT2D eigenvalue weighted by atomic mass is 10.0. The molecule has 102 valence electrons. The van der Waals surface area contributed by atoms with Crippen molar-refractivity contribution in [3.8, 4) is 0 Å². The molecule has 1 unspecified atom stereocenters. The molecule has 1 aliphatic heterocycles. The van der Waals surface area contributed by atoms with Gasteiger partial charge < -0.3 is 15.7 Å². The number of aliphatic carboxylic acids is 1. The summed E-state index contributed by atoms with van der Waals surface area (Å²) >= 11 is 1.43. The molecule has 0 bridgehead atoms. The molecular formula is C13H16N2O3S. The number of nitrogens with zero attached hydrogens (tertiary/aromatic N) is 1. The van der Waals surface area contributed by atoms with Gasteiger partial charge in [0.2, 0.25) is 5.91 Å². The summed E-state index contributed by atoms with van der Waals surface area (Å²) in [5.41, 5.74) is 7.73. The Morgan fingerprint density at radius 1 is 1.42 bits per heavy atom. The van der Waals surface area contributed by atoms with E-state index in [9.17, 15) is 9.59 Å². The van der Waals surface area contributed by atoms with Crippen molar-refractivity contribution in [3.05, 3.63) is 35.4 Å². The van der Waals surface area contributed by atoms with E-state index in [-0.39, 0.29) is 5.91 Å². The molecule has 1 saturated heterocycles. The van der Waals surface area contributed by atoms with Crippen molar-refractivity contribution in [1.29, 1.82) is 0 Å². The van der Waals surface area contributed by atoms with Gasteiger partial charge in [0.25, 0.3) is 0 Å². The van der Waals surface area contributed by atoms with Gasteiger partial charge in [-0.2, -0.15) is 0 Å². The highest BCUT2D eigenvalue weighted by Crippen LogP contribution is 2.25. The van der Waals surface area contributed by atoms with Crippen LogP contribution in [0.2, 0.25) is 0 Å². The Morgan fingerprint density at radius 2 is 2.05 bits per heavy atom. The standard InChI is InChI=1S/C13H16N2O3S/c1-8-2-4-9(5-3-8)11(14)12(16)15-7-19-6-10(15)13(17)18/h2-5,10-11H,6-7,14H2,1H3,(H,17,18)/t10-,11?/m0/s1. The van der Waals surface area contributed by atoms with Crippen molar-refractivity contribution in [2.45, 2.75) is 19.0 Å². The van der Waals surface area contributed by atoms with Crippen LogP contribution in [0.15, 0.2) is 24.3 Å². The van der Waals surface area contributed by atoms with Crippen molar-refractivity contribution in [2.24, 2.45) is 5.73 Å². The first-order chi connectivity index (χ1) is 9.00. The van der Waals surface area contributed by atoms with Crippen molar-refractivity contribution in [1.82, 2.24) is 4.90 Å². The maximum absolute atomic E-state index is 12.3. The van der Waals surface area contributed by atoms with E-state index in [2.05, 4.69) is 0 Å². The molecule has 1 aromatic rings. The lowest BCUT2D eigenvalue weighted by Crippen LogP contribution is -2.45. The predicted octanol–water partition coefficient (Wildman–Crippen LogP) is 0.981. The molecule has 0 aromatic heterocycles. The summed E-state index contributed by atoms with van der Waals surface area (Å²) in [5, 5.41) is 9.07. The van der Waals surface area contributed by atoms with Gasteiger partial charge in [-0.05, 0) is 12.5 Å². The van der Waals surface area contributed by atoms with Crippen LogP contribution in [0.1, 0.15) is 17.2 Å². The fourth-order valence-electron chi connectivity index (χ4n) is 1.96. The largest absolute Gasteiger partial charge is 0.480 e. The number of carboxylic acids is 1. The fraction of sp³-hybridized carbons (Fsp3) is 0.385. The molecular weight excluding hydrogens is 264 g/mol. The van der Waals surface area contributed by atoms with Crippen LogP contribution in [-0.2, 0) is 9.59 Å². The summed E-state index contributed by atoms with van der Waals surface area (Å²) in [6.45, 7) is 1.95. The van der Waals surface area contributed by atoms with Gasteiger partial charge in [0.15, 0.2) is 0 Å². The Labute approximate surface area is 115 Å². The molecule has 1 aromatic carbocycles. The van der Waals surface area contributed by atoms with Crippen LogP contribution in [0.4, 0.5) is 0 Å². The van der Waals surface area contributed by atoms with Gasteiger partial charge in [-0.3, -0.25) is 4.79 Å². The maximum atomic E-state index is 12.3.